The van der Waals surface area contributed by atoms with Crippen LogP contribution in [0.2, 0.25) is 19.6 Å². The van der Waals surface area contributed by atoms with E-state index in [0.29, 0.717) is 0 Å². The third-order valence-corrected chi connectivity index (χ3v) is 6.35. The fourth-order valence-corrected chi connectivity index (χ4v) is 4.88. The fraction of sp³-hybridized carbons (Fsp3) is 0.250. The predicted octanol–water partition coefficient (Wildman–Crippen LogP) is 5.41. The van der Waals surface area contributed by atoms with Crippen LogP contribution in [-0.4, -0.2) is 13.1 Å². The summed E-state index contributed by atoms with van der Waals surface area (Å²) < 4.78 is 0. The maximum atomic E-state index is 4.51. The van der Waals surface area contributed by atoms with Crippen molar-refractivity contribution in [2.75, 3.05) is 0 Å². The Kier molecular flexibility index (Phi) is 8.21. The molecule has 0 saturated carbocycles. The van der Waals surface area contributed by atoms with E-state index in [1.807, 2.05) is 12.3 Å². The normalized spacial score (nSPS) is 12.7. The van der Waals surface area contributed by atoms with Gasteiger partial charge >= 0.3 is 17.4 Å². The van der Waals surface area contributed by atoms with Gasteiger partial charge in [0.1, 0.15) is 0 Å². The minimum atomic E-state index is -1.29. The molecule has 0 radical (unpaired) electrons. The van der Waals surface area contributed by atoms with Crippen LogP contribution in [0.1, 0.15) is 16.8 Å². The van der Waals surface area contributed by atoms with E-state index in [1.165, 1.54) is 16.8 Å². The first-order valence-electron chi connectivity index (χ1n) is 7.26. The summed E-state index contributed by atoms with van der Waals surface area (Å²) in [6, 6.07) is 15.1. The van der Waals surface area contributed by atoms with Crippen molar-refractivity contribution >= 4 is 13.6 Å². The monoisotopic (exact) mass is 361 g/mol. The van der Waals surface area contributed by atoms with Crippen LogP contribution in [0.4, 0.5) is 0 Å². The van der Waals surface area contributed by atoms with Crippen LogP contribution in [0.5, 0.6) is 0 Å². The Morgan fingerprint density at radius 2 is 1.61 bits per heavy atom. The summed E-state index contributed by atoms with van der Waals surface area (Å²) in [6.45, 7) is 7.35. The average molecular weight is 362 g/mol. The van der Waals surface area contributed by atoms with Crippen LogP contribution in [0.25, 0.3) is 5.57 Å². The van der Waals surface area contributed by atoms with Crippen LogP contribution in [0, 0.1) is 14.9 Å². The molecule has 0 fully saturated rings. The number of rotatable bonds is 3. The van der Waals surface area contributed by atoms with Gasteiger partial charge in [0, 0.05) is 18.3 Å². The predicted molar refractivity (Wildman–Crippen MR) is 101 cm³/mol. The maximum Gasteiger partial charge on any atom is 2.00 e. The quantitative estimate of drug-likeness (QED) is 0.526. The fourth-order valence-electron chi connectivity index (χ4n) is 3.03. The summed E-state index contributed by atoms with van der Waals surface area (Å²) in [5.74, 6) is 0. The smallest absolute Gasteiger partial charge is 0.358 e. The van der Waals surface area contributed by atoms with Crippen LogP contribution >= 0.6 is 0 Å². The molecule has 0 atom stereocenters. The molecule has 3 heteroatoms. The van der Waals surface area contributed by atoms with E-state index in [0.717, 1.165) is 12.8 Å². The Balaban J connectivity index is 0.00000161. The van der Waals surface area contributed by atoms with E-state index in [-0.39, 0.29) is 32.2 Å². The molecule has 122 valence electrons. The minimum Gasteiger partial charge on any atom is -0.358 e. The van der Waals surface area contributed by atoms with E-state index in [1.54, 1.807) is 10.8 Å². The van der Waals surface area contributed by atoms with Crippen molar-refractivity contribution in [2.24, 2.45) is 0 Å². The Morgan fingerprint density at radius 1 is 0.957 bits per heavy atom. The van der Waals surface area contributed by atoms with E-state index >= 15 is 0 Å². The van der Waals surface area contributed by atoms with Gasteiger partial charge in [0.25, 0.3) is 0 Å². The van der Waals surface area contributed by atoms with Crippen molar-refractivity contribution in [1.29, 1.82) is 0 Å². The number of fused-ring (bicyclic) bond motifs is 1. The molecule has 1 aliphatic carbocycles. The third kappa shape index (κ3) is 4.67. The summed E-state index contributed by atoms with van der Waals surface area (Å²) in [6.07, 6.45) is 4.01. The number of hydrogen-bond donors (Lipinski definition) is 0. The first-order valence-corrected chi connectivity index (χ1v) is 10.8. The molecule has 0 unspecified atom stereocenters. The van der Waals surface area contributed by atoms with Crippen LogP contribution < -0.4 is 0 Å². The SMILES string of the molecule is C[Si](C)(C)C1=C(Cc2ccccn2)c2ccccc2C1.[CH3-].[CH3-].[Cr+2]. The number of aromatic nitrogens is 1. The zero-order chi connectivity index (χ0) is 14.2. The minimum absolute atomic E-state index is 0. The van der Waals surface area contributed by atoms with Gasteiger partial charge in [-0.3, -0.25) is 4.98 Å². The Bertz CT molecular complexity index is 657. The molecule has 0 bridgehead atoms. The van der Waals surface area contributed by atoms with Crippen LogP contribution in [0.15, 0.2) is 53.9 Å². The molecule has 3 rings (SSSR count). The summed E-state index contributed by atoms with van der Waals surface area (Å²) in [7, 11) is -1.29. The second kappa shape index (κ2) is 8.64. The van der Waals surface area contributed by atoms with E-state index in [4.69, 9.17) is 0 Å². The topological polar surface area (TPSA) is 12.9 Å². The second-order valence-corrected chi connectivity index (χ2v) is 11.6. The molecule has 23 heavy (non-hydrogen) atoms. The molecule has 0 saturated heterocycles. The third-order valence-electron chi connectivity index (χ3n) is 4.06. The number of nitrogens with zero attached hydrogens (tertiary/aromatic N) is 1. The molecule has 1 nitrogen and oxygen atoms in total. The summed E-state index contributed by atoms with van der Waals surface area (Å²) in [4.78, 5) is 4.51. The molecule has 2 aromatic rings. The number of pyridine rings is 1. The van der Waals surface area contributed by atoms with Crippen molar-refractivity contribution < 1.29 is 17.4 Å². The number of allylic oxidation sites excluding steroid dienone is 2. The number of hydrogen-bond acceptors (Lipinski definition) is 1. The molecule has 1 aliphatic rings. The van der Waals surface area contributed by atoms with Gasteiger partial charge in [0.05, 0.1) is 8.07 Å². The van der Waals surface area contributed by atoms with Gasteiger partial charge < -0.3 is 14.9 Å². The van der Waals surface area contributed by atoms with Gasteiger partial charge in [-0.15, -0.1) is 0 Å². The standard InChI is InChI=1S/C18H21NSi.2CH3.Cr/c1-20(2,3)18-12-14-8-4-5-10-16(14)17(18)13-15-9-6-7-11-19-15;;;/h4-11H,12-13H2,1-3H3;2*1H3;/q;2*-1;+2. The van der Waals surface area contributed by atoms with Gasteiger partial charge in [-0.1, -0.05) is 55.2 Å². The summed E-state index contributed by atoms with van der Waals surface area (Å²) in [5.41, 5.74) is 5.67. The van der Waals surface area contributed by atoms with Gasteiger partial charge in [-0.25, -0.2) is 0 Å². The summed E-state index contributed by atoms with van der Waals surface area (Å²) >= 11 is 0. The maximum absolute atomic E-state index is 4.51. The van der Waals surface area contributed by atoms with Crippen LogP contribution in [-0.2, 0) is 30.2 Å². The molecular formula is C20H27CrNSi. The van der Waals surface area contributed by atoms with E-state index < -0.39 is 8.07 Å². The first kappa shape index (κ1) is 21.9. The molecule has 1 aromatic carbocycles. The Hall–Kier alpha value is -1.14. The van der Waals surface area contributed by atoms with Crippen molar-refractivity contribution in [2.45, 2.75) is 32.5 Å². The van der Waals surface area contributed by atoms with E-state index in [9.17, 15) is 0 Å². The summed E-state index contributed by atoms with van der Waals surface area (Å²) in [5, 5.41) is 1.70. The van der Waals surface area contributed by atoms with Crippen molar-refractivity contribution in [3.63, 3.8) is 0 Å². The largest absolute Gasteiger partial charge is 2.00 e. The number of benzene rings is 1. The zero-order valence-corrected chi connectivity index (χ0v) is 17.2. The van der Waals surface area contributed by atoms with Crippen molar-refractivity contribution in [1.82, 2.24) is 4.98 Å². The van der Waals surface area contributed by atoms with Gasteiger partial charge in [-0.05, 0) is 35.3 Å². The molecule has 1 aromatic heterocycles. The van der Waals surface area contributed by atoms with Gasteiger partial charge in [-0.2, -0.15) is 0 Å². The zero-order valence-electron chi connectivity index (χ0n) is 14.9. The molecule has 0 aliphatic heterocycles. The van der Waals surface area contributed by atoms with Crippen molar-refractivity contribution in [3.8, 4) is 0 Å². The molecular weight excluding hydrogens is 334 g/mol. The average Bonchev–Trinajstić information content (AvgIpc) is 2.79. The van der Waals surface area contributed by atoms with E-state index in [2.05, 4.69) is 61.0 Å². The Labute approximate surface area is 154 Å². The van der Waals surface area contributed by atoms with Gasteiger partial charge in [0.15, 0.2) is 0 Å². The molecule has 0 amide bonds. The molecule has 0 spiro atoms. The van der Waals surface area contributed by atoms with Crippen molar-refractivity contribution in [3.05, 3.63) is 85.5 Å². The second-order valence-electron chi connectivity index (χ2n) is 6.54. The van der Waals surface area contributed by atoms with Crippen LogP contribution in [0.3, 0.4) is 0 Å². The molecule has 1 heterocycles. The van der Waals surface area contributed by atoms with Gasteiger partial charge in [0.2, 0.25) is 0 Å². The Morgan fingerprint density at radius 3 is 2.22 bits per heavy atom. The first-order chi connectivity index (χ1) is 9.55. The molecule has 0 N–H and O–H groups in total.